The molecule has 0 aliphatic carbocycles. The minimum absolute atomic E-state index is 0. The first-order valence-corrected chi connectivity index (χ1v) is 23.2. The van der Waals surface area contributed by atoms with Gasteiger partial charge in [0.25, 0.3) is 23.6 Å². The van der Waals surface area contributed by atoms with Gasteiger partial charge >= 0.3 is 83.0 Å². The van der Waals surface area contributed by atoms with Gasteiger partial charge in [0.2, 0.25) is 13.2 Å². The van der Waals surface area contributed by atoms with Crippen molar-refractivity contribution in [1.29, 1.82) is 0 Å². The molecule has 34 heteroatoms. The third-order valence-electron chi connectivity index (χ3n) is 10.1. The summed E-state index contributed by atoms with van der Waals surface area (Å²) < 4.78 is 10.3. The molecule has 360 valence electrons. The number of cyclic esters (lactones) is 2. The molecule has 8 heterocycles. The number of fused-ring (bicyclic) bond motifs is 2. The first kappa shape index (κ1) is 55.6. The number of amides is 4. The molecule has 70 heavy (non-hydrogen) atoms. The van der Waals surface area contributed by atoms with E-state index in [1.165, 1.54) is 34.3 Å². The van der Waals surface area contributed by atoms with Crippen LogP contribution in [-0.2, 0) is 67.1 Å². The van der Waals surface area contributed by atoms with Crippen LogP contribution in [0.3, 0.4) is 0 Å². The number of hydrogen-bond donors (Lipinski definition) is 6. The molecule has 2 aromatic rings. The number of nitrogens with zero attached hydrogens (tertiary/aromatic N) is 6. The number of nitrogen functional groups attached to an aromatic ring is 2. The van der Waals surface area contributed by atoms with E-state index in [2.05, 4.69) is 40.6 Å². The van der Waals surface area contributed by atoms with E-state index in [0.717, 1.165) is 32.5 Å². The predicted octanol–water partition coefficient (Wildman–Crippen LogP) is -10.7. The molecule has 6 atom stereocenters. The number of esters is 2. The van der Waals surface area contributed by atoms with Gasteiger partial charge in [-0.1, -0.05) is 10.3 Å². The number of nitrogens with one attached hydrogen (secondary N) is 2. The molecule has 0 saturated carbocycles. The molecule has 0 aromatic carbocycles. The van der Waals surface area contributed by atoms with Gasteiger partial charge < -0.3 is 71.3 Å². The minimum atomic E-state index is -1.59. The number of nitrogens with two attached hydrogens (primary N) is 2. The number of carboxylic acid groups (broad SMARTS) is 4. The van der Waals surface area contributed by atoms with Gasteiger partial charge in [0, 0.05) is 46.3 Å². The van der Waals surface area contributed by atoms with Crippen LogP contribution >= 0.6 is 46.2 Å². The van der Waals surface area contributed by atoms with Gasteiger partial charge in [0.05, 0.1) is 23.3 Å². The van der Waals surface area contributed by atoms with Gasteiger partial charge in [0.1, 0.15) is 46.4 Å². The van der Waals surface area contributed by atoms with Crippen molar-refractivity contribution < 1.29 is 147 Å². The Kier molecular flexibility index (Phi) is 18.8. The third-order valence-corrected chi connectivity index (χ3v) is 14.1. The topological polar surface area (TPSA) is 427 Å². The van der Waals surface area contributed by atoms with Crippen molar-refractivity contribution in [3.63, 3.8) is 0 Å². The first-order chi connectivity index (χ1) is 32.3. The van der Waals surface area contributed by atoms with Gasteiger partial charge in [-0.15, -0.1) is 46.2 Å². The summed E-state index contributed by atoms with van der Waals surface area (Å²) in [6.07, 6.45) is -0.632. The maximum atomic E-state index is 12.9. The Morgan fingerprint density at radius 3 is 1.36 bits per heavy atom. The number of carbonyl (C=O) groups is 10. The fourth-order valence-electron chi connectivity index (χ4n) is 7.22. The van der Waals surface area contributed by atoms with Crippen molar-refractivity contribution >= 4 is 127 Å². The first-order valence-electron chi connectivity index (χ1n) is 19.4. The van der Waals surface area contributed by atoms with Crippen LogP contribution in [0.25, 0.3) is 0 Å². The van der Waals surface area contributed by atoms with Crippen molar-refractivity contribution in [2.24, 2.45) is 10.3 Å². The van der Waals surface area contributed by atoms with Crippen molar-refractivity contribution in [1.82, 2.24) is 30.4 Å². The Morgan fingerprint density at radius 2 is 1.07 bits per heavy atom. The molecule has 0 radical (unpaired) electrons. The second-order valence-corrected chi connectivity index (χ2v) is 18.4. The molecule has 8 rings (SSSR count). The average molecular weight is 1070 g/mol. The number of anilines is 2. The van der Waals surface area contributed by atoms with Gasteiger partial charge in [-0.25, -0.2) is 19.6 Å². The van der Waals surface area contributed by atoms with Crippen molar-refractivity contribution in [3.8, 4) is 0 Å². The number of oxime groups is 2. The number of carboxylic acids is 4. The molecule has 4 amide bonds. The predicted molar refractivity (Wildman–Crippen MR) is 226 cm³/mol. The summed E-state index contributed by atoms with van der Waals surface area (Å²) >= 11 is 4.38. The second kappa shape index (κ2) is 23.7. The molecule has 0 bridgehead atoms. The molecule has 8 N–H and O–H groups in total. The smallest absolute Gasteiger partial charge is 0.543 e. The van der Waals surface area contributed by atoms with Gasteiger partial charge in [-0.05, 0) is 12.8 Å². The normalized spacial score (nSPS) is 23.6. The van der Waals surface area contributed by atoms with E-state index in [4.69, 9.17) is 31.2 Å². The number of aromatic nitrogens is 2. The number of ether oxygens (including phenoxy) is 2. The van der Waals surface area contributed by atoms with Crippen LogP contribution < -0.4 is 91.4 Å². The zero-order chi connectivity index (χ0) is 49.1. The number of carbonyl (C=O) groups excluding carboxylic acids is 8. The number of rotatable bonds is 16. The van der Waals surface area contributed by atoms with E-state index in [1.807, 2.05) is 0 Å². The molecule has 4 saturated heterocycles. The minimum Gasteiger partial charge on any atom is -0.543 e. The number of hydrogen-bond acceptors (Lipinski definition) is 26. The van der Waals surface area contributed by atoms with Gasteiger partial charge in [0.15, 0.2) is 21.7 Å². The molecule has 2 unspecified atom stereocenters. The Labute approximate surface area is 452 Å². The summed E-state index contributed by atoms with van der Waals surface area (Å²) in [4.78, 5) is 138. The van der Waals surface area contributed by atoms with Crippen LogP contribution in [0.15, 0.2) is 43.6 Å². The largest absolute Gasteiger partial charge is 1.00 e. The van der Waals surface area contributed by atoms with E-state index in [1.54, 1.807) is 0 Å². The Balaban J connectivity index is 0.000000254. The number of β-lactam (4-membered cyclic amide) rings is 2. The SMILES string of the molecule is Nc1nc(/C(=N/OCC(=O)O)C(=O)N[C@@H]2C(=O)N3C(C(=O)[O-])=C(C4CCC(=O)O4)CS[C@H]23)cs1.Nc1nc(/C(=N/OCC(=O)O)C(=O)N[C@@H]2C(=O)N3C(C(=O)[O-])=C(C4CCC(=O)O4)CS[C@H]23)cs1.[Na+].[Na+]. The van der Waals surface area contributed by atoms with Crippen molar-refractivity contribution in [3.05, 3.63) is 44.7 Å². The molecule has 2 aromatic heterocycles. The average Bonchev–Trinajstić information content (AvgIpc) is 4.12. The summed E-state index contributed by atoms with van der Waals surface area (Å²) in [5, 5.41) is 54.6. The monoisotopic (exact) mass is 1070 g/mol. The fourth-order valence-corrected chi connectivity index (χ4v) is 11.1. The molecular formula is C36H32N10Na2O18S4. The number of thioether (sulfide) groups is 2. The molecule has 0 spiro atoms. The van der Waals surface area contributed by atoms with E-state index in [-0.39, 0.29) is 128 Å². The zero-order valence-corrected chi connectivity index (χ0v) is 43.4. The van der Waals surface area contributed by atoms with E-state index >= 15 is 0 Å². The third kappa shape index (κ3) is 12.0. The summed E-state index contributed by atoms with van der Waals surface area (Å²) in [5.41, 5.74) is 10.2. The molecule has 6 aliphatic heterocycles. The van der Waals surface area contributed by atoms with Crippen LogP contribution in [0.5, 0.6) is 0 Å². The second-order valence-electron chi connectivity index (χ2n) is 14.4. The summed E-state index contributed by atoms with van der Waals surface area (Å²) in [7, 11) is 0. The molecular weight excluding hydrogens is 1030 g/mol. The Morgan fingerprint density at radius 1 is 0.700 bits per heavy atom. The van der Waals surface area contributed by atoms with E-state index in [9.17, 15) is 58.2 Å². The quantitative estimate of drug-likeness (QED) is 0.0299. The number of thiazole rings is 2. The van der Waals surface area contributed by atoms with E-state index < -0.39 is 119 Å². The van der Waals surface area contributed by atoms with Crippen LogP contribution in [0.2, 0.25) is 0 Å². The standard InChI is InChI=1S/2C18H17N5O9S2.2Na/c2*19-18-20-7(5-34-18)11(22-31-3-9(24)25)14(27)21-12-15(28)23-13(17(29)30)6(4-33-16(12)23)8-1-2-10(26)32-8;;/h2*5,8,12,16H,1-4H2,(H2,19,20)(H,21,27)(H,24,25)(H,29,30);;/q;;2*+1/p-2/b2*22-11-;;/t2*8?,12-,16-;;/m11../s1. The maximum Gasteiger partial charge on any atom is 1.00 e. The van der Waals surface area contributed by atoms with E-state index in [0.29, 0.717) is 12.8 Å². The van der Waals surface area contributed by atoms with Crippen LogP contribution in [0.1, 0.15) is 37.1 Å². The fraction of sp³-hybridized carbons (Fsp3) is 0.389. The zero-order valence-electron chi connectivity index (χ0n) is 36.2. The van der Waals surface area contributed by atoms with Gasteiger partial charge in [-0.3, -0.25) is 38.6 Å². The van der Waals surface area contributed by atoms with Crippen LogP contribution in [-0.4, -0.2) is 161 Å². The Hall–Kier alpha value is -5.32. The molecule has 28 nitrogen and oxygen atoms in total. The number of aliphatic carboxylic acids is 4. The van der Waals surface area contributed by atoms with Crippen LogP contribution in [0, 0.1) is 0 Å². The molecule has 4 fully saturated rings. The van der Waals surface area contributed by atoms with Crippen molar-refractivity contribution in [2.45, 2.75) is 60.7 Å². The maximum absolute atomic E-state index is 12.9. The summed E-state index contributed by atoms with van der Waals surface area (Å²) in [6, 6.07) is -2.22. The van der Waals surface area contributed by atoms with Crippen molar-refractivity contribution in [2.75, 3.05) is 36.2 Å². The Bertz CT molecular complexity index is 2480. The van der Waals surface area contributed by atoms with Gasteiger partial charge in [-0.2, -0.15) is 0 Å². The molecule has 6 aliphatic rings. The van der Waals surface area contributed by atoms with Crippen LogP contribution in [0.4, 0.5) is 10.3 Å². The summed E-state index contributed by atoms with van der Waals surface area (Å²) in [6.45, 7) is -1.64. The summed E-state index contributed by atoms with van der Waals surface area (Å²) in [5.74, 6) is -9.68.